The van der Waals surface area contributed by atoms with E-state index >= 15 is 0 Å². The Morgan fingerprint density at radius 1 is 1.09 bits per heavy atom. The molecule has 0 bridgehead atoms. The summed E-state index contributed by atoms with van der Waals surface area (Å²) in [6.45, 7) is 1.46. The minimum atomic E-state index is -4.95. The Balaban J connectivity index is 1.86. The number of allylic oxidation sites excluding steroid dienone is 2. The fourth-order valence-corrected chi connectivity index (χ4v) is 4.55. The highest BCUT2D eigenvalue weighted by atomic mass is 32.2. The molecular formula is C19H13N5O7S2. The summed E-state index contributed by atoms with van der Waals surface area (Å²) in [6.07, 6.45) is 0. The smallest absolute Gasteiger partial charge is 0.282 e. The first-order chi connectivity index (χ1) is 15.4. The number of anilines is 1. The Kier molecular flexibility index (Phi) is 5.14. The van der Waals surface area contributed by atoms with Crippen molar-refractivity contribution in [2.75, 3.05) is 5.43 Å². The zero-order valence-corrected chi connectivity index (χ0v) is 18.2. The number of hydrogen-bond acceptors (Lipinski definition) is 9. The number of benzene rings is 2. The van der Waals surface area contributed by atoms with Gasteiger partial charge in [-0.05, 0) is 37.3 Å². The minimum absolute atomic E-state index is 0.0723. The van der Waals surface area contributed by atoms with E-state index in [2.05, 4.69) is 15.5 Å². The third-order valence-corrected chi connectivity index (χ3v) is 6.59. The molecule has 4 rings (SSSR count). The summed E-state index contributed by atoms with van der Waals surface area (Å²) in [5.41, 5.74) is 2.86. The van der Waals surface area contributed by atoms with Crippen molar-refractivity contribution >= 4 is 54.1 Å². The number of carbonyl (C=O) groups is 1. The van der Waals surface area contributed by atoms with Crippen molar-refractivity contribution in [3.05, 3.63) is 53.9 Å². The molecule has 1 aliphatic heterocycles. The lowest BCUT2D eigenvalue weighted by Crippen LogP contribution is -2.30. The molecule has 0 saturated carbocycles. The third kappa shape index (κ3) is 3.79. The number of aromatic nitrogens is 2. The van der Waals surface area contributed by atoms with Crippen molar-refractivity contribution in [2.45, 2.75) is 16.7 Å². The van der Waals surface area contributed by atoms with Crippen molar-refractivity contribution in [3.63, 3.8) is 0 Å². The minimum Gasteiger partial charge on any atom is -0.282 e. The topological polar surface area (TPSA) is 192 Å². The van der Waals surface area contributed by atoms with Gasteiger partial charge in [0.05, 0.1) is 21.6 Å². The van der Waals surface area contributed by atoms with Crippen LogP contribution in [-0.4, -0.2) is 47.1 Å². The highest BCUT2D eigenvalue weighted by Crippen LogP contribution is 2.30. The predicted molar refractivity (Wildman–Crippen MR) is 116 cm³/mol. The maximum absolute atomic E-state index is 13.2. The van der Waals surface area contributed by atoms with Gasteiger partial charge in [0.25, 0.3) is 26.1 Å². The summed E-state index contributed by atoms with van der Waals surface area (Å²) in [7, 11) is -9.71. The Labute approximate surface area is 187 Å². The molecule has 1 aromatic heterocycles. The normalized spacial score (nSPS) is 15.6. The molecule has 0 saturated heterocycles. The van der Waals surface area contributed by atoms with Crippen molar-refractivity contribution < 1.29 is 30.7 Å². The lowest BCUT2D eigenvalue weighted by atomic mass is 10.0. The second-order valence-corrected chi connectivity index (χ2v) is 9.67. The fourth-order valence-electron chi connectivity index (χ4n) is 3.30. The van der Waals surface area contributed by atoms with Crippen LogP contribution in [0, 0.1) is 11.3 Å². The molecular weight excluding hydrogens is 474 g/mol. The van der Waals surface area contributed by atoms with Gasteiger partial charge in [0.2, 0.25) is 0 Å². The highest BCUT2D eigenvalue weighted by Gasteiger charge is 2.32. The molecule has 0 unspecified atom stereocenters. The SMILES string of the molecule is CC1=C(C#N)c2nc3ccccc3n2C(=O)/C1=N/Nc1ccc(S(=O)(=O)O)cc1S(=O)(=O)O. The molecule has 0 amide bonds. The number of para-hydroxylation sites is 2. The maximum atomic E-state index is 13.2. The first kappa shape index (κ1) is 22.3. The number of rotatable bonds is 4. The highest BCUT2D eigenvalue weighted by molar-refractivity contribution is 7.86. The standard InChI is InChI=1S/C19H13N5O7S2/c1-10-12(9-20)18-21-13-4-2-3-5-15(13)24(18)19(25)17(10)23-22-14-7-6-11(32(26,27)28)8-16(14)33(29,30)31/h2-8,22H,1H3,(H,26,27,28)(H,29,30,31)/b23-17+. The maximum Gasteiger partial charge on any atom is 0.296 e. The predicted octanol–water partition coefficient (Wildman–Crippen LogP) is 1.95. The molecule has 0 fully saturated rings. The molecule has 0 spiro atoms. The number of nitriles is 1. The van der Waals surface area contributed by atoms with E-state index in [1.54, 1.807) is 24.3 Å². The van der Waals surface area contributed by atoms with E-state index in [1.807, 2.05) is 6.07 Å². The molecule has 3 aromatic rings. The van der Waals surface area contributed by atoms with E-state index in [0.29, 0.717) is 17.1 Å². The van der Waals surface area contributed by atoms with Crippen molar-refractivity contribution in [1.82, 2.24) is 9.55 Å². The van der Waals surface area contributed by atoms with Crippen molar-refractivity contribution in [1.29, 1.82) is 5.26 Å². The summed E-state index contributed by atoms with van der Waals surface area (Å²) in [4.78, 5) is 15.8. The van der Waals surface area contributed by atoms with Crippen LogP contribution in [0.5, 0.6) is 0 Å². The van der Waals surface area contributed by atoms with E-state index in [0.717, 1.165) is 12.1 Å². The first-order valence-electron chi connectivity index (χ1n) is 9.00. The molecule has 33 heavy (non-hydrogen) atoms. The van der Waals surface area contributed by atoms with Crippen LogP contribution < -0.4 is 5.43 Å². The molecule has 12 nitrogen and oxygen atoms in total. The van der Waals surface area contributed by atoms with Crippen LogP contribution in [0.3, 0.4) is 0 Å². The van der Waals surface area contributed by atoms with E-state index in [1.165, 1.54) is 11.5 Å². The molecule has 2 aromatic carbocycles. The molecule has 0 atom stereocenters. The lowest BCUT2D eigenvalue weighted by Gasteiger charge is -2.17. The van der Waals surface area contributed by atoms with E-state index in [-0.39, 0.29) is 28.4 Å². The van der Waals surface area contributed by atoms with Gasteiger partial charge in [0.15, 0.2) is 11.5 Å². The van der Waals surface area contributed by atoms with Crippen LogP contribution in [0.25, 0.3) is 16.6 Å². The average molecular weight is 487 g/mol. The van der Waals surface area contributed by atoms with Gasteiger partial charge in [-0.3, -0.25) is 23.9 Å². The summed E-state index contributed by atoms with van der Waals surface area (Å²) in [6, 6.07) is 11.0. The van der Waals surface area contributed by atoms with Gasteiger partial charge < -0.3 is 0 Å². The third-order valence-electron chi connectivity index (χ3n) is 4.85. The number of hydrogen-bond donors (Lipinski definition) is 3. The van der Waals surface area contributed by atoms with Crippen LogP contribution in [0.2, 0.25) is 0 Å². The zero-order chi connectivity index (χ0) is 24.1. The van der Waals surface area contributed by atoms with Crippen molar-refractivity contribution in [2.24, 2.45) is 5.10 Å². The molecule has 3 N–H and O–H groups in total. The average Bonchev–Trinajstić information content (AvgIpc) is 3.12. The number of nitrogens with zero attached hydrogens (tertiary/aromatic N) is 4. The van der Waals surface area contributed by atoms with E-state index in [4.69, 9.17) is 4.55 Å². The fraction of sp³-hybridized carbons (Fsp3) is 0.0526. The number of nitrogens with one attached hydrogen (secondary N) is 1. The molecule has 168 valence electrons. The van der Waals surface area contributed by atoms with Gasteiger partial charge in [-0.15, -0.1) is 0 Å². The van der Waals surface area contributed by atoms with Gasteiger partial charge in [-0.2, -0.15) is 27.2 Å². The number of imidazole rings is 1. The number of carbonyl (C=O) groups excluding carboxylic acids is 1. The molecule has 14 heteroatoms. The zero-order valence-electron chi connectivity index (χ0n) is 16.6. The van der Waals surface area contributed by atoms with Gasteiger partial charge in [-0.1, -0.05) is 12.1 Å². The van der Waals surface area contributed by atoms with E-state index < -0.39 is 35.9 Å². The molecule has 1 aliphatic rings. The second kappa shape index (κ2) is 7.60. The van der Waals surface area contributed by atoms with Crippen LogP contribution in [0.4, 0.5) is 5.69 Å². The van der Waals surface area contributed by atoms with E-state index in [9.17, 15) is 31.4 Å². The Hall–Kier alpha value is -3.90. The van der Waals surface area contributed by atoms with Gasteiger partial charge >= 0.3 is 0 Å². The van der Waals surface area contributed by atoms with Crippen LogP contribution in [-0.2, 0) is 20.2 Å². The van der Waals surface area contributed by atoms with Crippen LogP contribution in [0.1, 0.15) is 17.5 Å². The van der Waals surface area contributed by atoms with Gasteiger partial charge in [0, 0.05) is 5.57 Å². The number of fused-ring (bicyclic) bond motifs is 3. The number of hydrazone groups is 1. The van der Waals surface area contributed by atoms with Crippen LogP contribution >= 0.6 is 0 Å². The lowest BCUT2D eigenvalue weighted by molar-refractivity contribution is 0.0992. The Morgan fingerprint density at radius 3 is 2.42 bits per heavy atom. The Morgan fingerprint density at radius 2 is 1.79 bits per heavy atom. The monoisotopic (exact) mass is 487 g/mol. The molecule has 2 heterocycles. The summed E-state index contributed by atoms with van der Waals surface area (Å²) in [5.74, 6) is -0.512. The second-order valence-electron chi connectivity index (χ2n) is 6.86. The van der Waals surface area contributed by atoms with Gasteiger partial charge in [-0.25, -0.2) is 4.98 Å². The largest absolute Gasteiger partial charge is 0.296 e. The summed E-state index contributed by atoms with van der Waals surface area (Å²) >= 11 is 0. The van der Waals surface area contributed by atoms with Crippen molar-refractivity contribution in [3.8, 4) is 6.07 Å². The molecule has 0 radical (unpaired) electrons. The van der Waals surface area contributed by atoms with Gasteiger partial charge in [0.1, 0.15) is 16.5 Å². The summed E-state index contributed by atoms with van der Waals surface area (Å²) < 4.78 is 66.0. The quantitative estimate of drug-likeness (QED) is 0.362. The van der Waals surface area contributed by atoms with Crippen LogP contribution in [0.15, 0.2) is 62.9 Å². The summed E-state index contributed by atoms with van der Waals surface area (Å²) in [5, 5.41) is 13.6. The molecule has 0 aliphatic carbocycles. The first-order valence-corrected chi connectivity index (χ1v) is 11.9. The Bertz CT molecular complexity index is 1680.